The van der Waals surface area contributed by atoms with Crippen LogP contribution in [0.3, 0.4) is 0 Å². The summed E-state index contributed by atoms with van der Waals surface area (Å²) in [5.74, 6) is -3.28. The minimum atomic E-state index is -2.73. The van der Waals surface area contributed by atoms with Crippen molar-refractivity contribution in [3.63, 3.8) is 0 Å². The minimum absolute atomic E-state index is 0.0704. The number of hydrogen-bond donors (Lipinski definition) is 1. The van der Waals surface area contributed by atoms with Crippen LogP contribution in [0.2, 0.25) is 0 Å². The topological polar surface area (TPSA) is 38.3 Å². The molecule has 76 valence electrons. The second kappa shape index (κ2) is 5.64. The molecule has 0 aromatic rings. The number of hydrogen-bond acceptors (Lipinski definition) is 3. The first-order valence-electron chi connectivity index (χ1n) is 3.83. The number of carbonyl (C=O) groups excluding carboxylic acids is 1. The summed E-state index contributed by atoms with van der Waals surface area (Å²) in [6.45, 7) is 3.86. The number of nitrogens with one attached hydrogen (secondary N) is 1. The van der Waals surface area contributed by atoms with Gasteiger partial charge in [-0.3, -0.25) is 0 Å². The Kier molecular flexibility index (Phi) is 5.22. The van der Waals surface area contributed by atoms with Crippen molar-refractivity contribution in [2.45, 2.75) is 12.8 Å². The molecule has 0 rings (SSSR count). The maximum absolute atomic E-state index is 12.2. The van der Waals surface area contributed by atoms with E-state index in [1.807, 2.05) is 0 Å². The molecule has 0 aliphatic carbocycles. The summed E-state index contributed by atoms with van der Waals surface area (Å²) in [5, 5.41) is 2.44. The van der Waals surface area contributed by atoms with E-state index in [0.29, 0.717) is 0 Å². The van der Waals surface area contributed by atoms with Crippen molar-refractivity contribution in [3.05, 3.63) is 12.7 Å². The molecule has 0 spiro atoms. The SMILES string of the molecule is C=CC(=O)OCCNCC(C)(F)F. The molecule has 0 aliphatic rings. The minimum Gasteiger partial charge on any atom is -0.461 e. The molecule has 0 saturated carbocycles. The van der Waals surface area contributed by atoms with Crippen molar-refractivity contribution in [2.75, 3.05) is 19.7 Å². The first kappa shape index (κ1) is 12.0. The quantitative estimate of drug-likeness (QED) is 0.388. The van der Waals surface area contributed by atoms with E-state index in [2.05, 4.69) is 16.6 Å². The third kappa shape index (κ3) is 8.94. The van der Waals surface area contributed by atoms with E-state index in [-0.39, 0.29) is 13.2 Å². The molecule has 0 bridgehead atoms. The summed E-state index contributed by atoms with van der Waals surface area (Å²) in [5.41, 5.74) is 0. The Hall–Kier alpha value is -0.970. The van der Waals surface area contributed by atoms with E-state index >= 15 is 0 Å². The highest BCUT2D eigenvalue weighted by atomic mass is 19.3. The lowest BCUT2D eigenvalue weighted by molar-refractivity contribution is -0.137. The summed E-state index contributed by atoms with van der Waals surface area (Å²) in [6, 6.07) is 0. The molecule has 5 heteroatoms. The molecule has 13 heavy (non-hydrogen) atoms. The predicted molar refractivity (Wildman–Crippen MR) is 44.6 cm³/mol. The lowest BCUT2D eigenvalue weighted by atomic mass is 10.4. The van der Waals surface area contributed by atoms with E-state index in [4.69, 9.17) is 0 Å². The van der Waals surface area contributed by atoms with Gasteiger partial charge in [0.05, 0.1) is 6.54 Å². The van der Waals surface area contributed by atoms with Crippen LogP contribution < -0.4 is 5.32 Å². The van der Waals surface area contributed by atoms with E-state index in [0.717, 1.165) is 13.0 Å². The van der Waals surface area contributed by atoms with Crippen LogP contribution in [0.1, 0.15) is 6.92 Å². The largest absolute Gasteiger partial charge is 0.461 e. The first-order valence-corrected chi connectivity index (χ1v) is 3.83. The van der Waals surface area contributed by atoms with Crippen molar-refractivity contribution in [3.8, 4) is 0 Å². The zero-order valence-corrected chi connectivity index (χ0v) is 7.48. The zero-order chi connectivity index (χ0) is 10.3. The lowest BCUT2D eigenvalue weighted by Crippen LogP contribution is -2.32. The van der Waals surface area contributed by atoms with Gasteiger partial charge >= 0.3 is 5.97 Å². The molecule has 0 radical (unpaired) electrons. The van der Waals surface area contributed by atoms with Crippen LogP contribution >= 0.6 is 0 Å². The monoisotopic (exact) mass is 193 g/mol. The Labute approximate surface area is 75.8 Å². The molecule has 0 aromatic carbocycles. The van der Waals surface area contributed by atoms with Gasteiger partial charge < -0.3 is 10.1 Å². The van der Waals surface area contributed by atoms with Gasteiger partial charge in [-0.05, 0) is 0 Å². The number of ether oxygens (including phenoxy) is 1. The molecule has 0 saturated heterocycles. The first-order chi connectivity index (χ1) is 5.95. The number of esters is 1. The maximum Gasteiger partial charge on any atom is 0.330 e. The molecule has 0 heterocycles. The Morgan fingerprint density at radius 1 is 1.69 bits per heavy atom. The van der Waals surface area contributed by atoms with Gasteiger partial charge in [-0.15, -0.1) is 0 Å². The standard InChI is InChI=1S/C8H13F2NO2/c1-3-7(12)13-5-4-11-6-8(2,9)10/h3,11H,1,4-6H2,2H3. The zero-order valence-electron chi connectivity index (χ0n) is 7.48. The average Bonchev–Trinajstić information content (AvgIpc) is 2.01. The van der Waals surface area contributed by atoms with Crippen LogP contribution in [0.4, 0.5) is 8.78 Å². The normalized spacial score (nSPS) is 11.0. The highest BCUT2D eigenvalue weighted by molar-refractivity contribution is 5.81. The lowest BCUT2D eigenvalue weighted by Gasteiger charge is -2.10. The van der Waals surface area contributed by atoms with Crippen molar-refractivity contribution < 1.29 is 18.3 Å². The van der Waals surface area contributed by atoms with Crippen molar-refractivity contribution in [2.24, 2.45) is 0 Å². The number of alkyl halides is 2. The highest BCUT2D eigenvalue weighted by Gasteiger charge is 2.19. The van der Waals surface area contributed by atoms with Gasteiger partial charge in [-0.1, -0.05) is 6.58 Å². The third-order valence-corrected chi connectivity index (χ3v) is 1.13. The molecule has 1 N–H and O–H groups in total. The summed E-state index contributed by atoms with van der Waals surface area (Å²) in [6.07, 6.45) is 1.02. The fraction of sp³-hybridized carbons (Fsp3) is 0.625. The van der Waals surface area contributed by atoms with Crippen molar-refractivity contribution in [1.82, 2.24) is 5.32 Å². The Balaban J connectivity index is 3.27. The molecule has 0 aliphatic heterocycles. The van der Waals surface area contributed by atoms with E-state index in [9.17, 15) is 13.6 Å². The second-order valence-corrected chi connectivity index (χ2v) is 2.62. The summed E-state index contributed by atoms with van der Waals surface area (Å²) in [4.78, 5) is 10.5. The van der Waals surface area contributed by atoms with Crippen LogP contribution in [0, 0.1) is 0 Å². The Bertz CT molecular complexity index is 177. The van der Waals surface area contributed by atoms with Crippen LogP contribution in [0.25, 0.3) is 0 Å². The number of rotatable bonds is 6. The van der Waals surface area contributed by atoms with Gasteiger partial charge in [0.2, 0.25) is 0 Å². The van der Waals surface area contributed by atoms with Gasteiger partial charge in [-0.2, -0.15) is 0 Å². The Morgan fingerprint density at radius 2 is 2.31 bits per heavy atom. The van der Waals surface area contributed by atoms with Crippen LogP contribution in [-0.2, 0) is 9.53 Å². The summed E-state index contributed by atoms with van der Waals surface area (Å²) < 4.78 is 28.9. The maximum atomic E-state index is 12.2. The van der Waals surface area contributed by atoms with E-state index < -0.39 is 18.4 Å². The van der Waals surface area contributed by atoms with E-state index in [1.54, 1.807) is 0 Å². The molecule has 0 fully saturated rings. The van der Waals surface area contributed by atoms with Crippen LogP contribution in [0.15, 0.2) is 12.7 Å². The van der Waals surface area contributed by atoms with Gasteiger partial charge in [0.15, 0.2) is 0 Å². The molecule has 0 atom stereocenters. The highest BCUT2D eigenvalue weighted by Crippen LogP contribution is 2.08. The van der Waals surface area contributed by atoms with Gasteiger partial charge in [0, 0.05) is 19.5 Å². The van der Waals surface area contributed by atoms with Crippen molar-refractivity contribution >= 4 is 5.97 Å². The molecule has 0 aromatic heterocycles. The van der Waals surface area contributed by atoms with Gasteiger partial charge in [0.1, 0.15) is 6.61 Å². The van der Waals surface area contributed by atoms with Gasteiger partial charge in [0.25, 0.3) is 5.92 Å². The predicted octanol–water partition coefficient (Wildman–Crippen LogP) is 0.960. The molecular weight excluding hydrogens is 180 g/mol. The van der Waals surface area contributed by atoms with Crippen LogP contribution in [-0.4, -0.2) is 31.6 Å². The fourth-order valence-electron chi connectivity index (χ4n) is 0.591. The van der Waals surface area contributed by atoms with Crippen LogP contribution in [0.5, 0.6) is 0 Å². The van der Waals surface area contributed by atoms with E-state index in [1.165, 1.54) is 0 Å². The average molecular weight is 193 g/mol. The molecule has 0 amide bonds. The fourth-order valence-corrected chi connectivity index (χ4v) is 0.591. The summed E-state index contributed by atoms with van der Waals surface area (Å²) >= 11 is 0. The second-order valence-electron chi connectivity index (χ2n) is 2.62. The molecule has 3 nitrogen and oxygen atoms in total. The molecular formula is C8H13F2NO2. The Morgan fingerprint density at radius 3 is 2.77 bits per heavy atom. The van der Waals surface area contributed by atoms with Crippen molar-refractivity contribution in [1.29, 1.82) is 0 Å². The number of carbonyl (C=O) groups is 1. The van der Waals surface area contributed by atoms with Gasteiger partial charge in [-0.25, -0.2) is 13.6 Å². The third-order valence-electron chi connectivity index (χ3n) is 1.13. The smallest absolute Gasteiger partial charge is 0.330 e. The summed E-state index contributed by atoms with van der Waals surface area (Å²) in [7, 11) is 0. The number of halogens is 2. The molecule has 0 unspecified atom stereocenters.